The molecule has 1 amide bonds. The van der Waals surface area contributed by atoms with E-state index in [4.69, 9.17) is 9.47 Å². The zero-order chi connectivity index (χ0) is 17.0. The molecule has 2 rings (SSSR count). The zero-order valence-electron chi connectivity index (χ0n) is 14.2. The lowest BCUT2D eigenvalue weighted by Crippen LogP contribution is -2.44. The van der Waals surface area contributed by atoms with Gasteiger partial charge in [-0.1, -0.05) is 30.3 Å². The van der Waals surface area contributed by atoms with Gasteiger partial charge in [-0.15, -0.1) is 0 Å². The fourth-order valence-corrected chi connectivity index (χ4v) is 2.99. The van der Waals surface area contributed by atoms with Crippen molar-refractivity contribution in [2.45, 2.75) is 51.2 Å². The fraction of sp³-hybridized carbons (Fsp3) is 0.556. The number of benzene rings is 1. The third-order valence-corrected chi connectivity index (χ3v) is 3.93. The number of hydrogen-bond acceptors (Lipinski definition) is 4. The summed E-state index contributed by atoms with van der Waals surface area (Å²) in [7, 11) is 1.38. The van der Waals surface area contributed by atoms with E-state index in [1.165, 1.54) is 7.11 Å². The van der Waals surface area contributed by atoms with Crippen LogP contribution in [0.1, 0.15) is 45.1 Å². The number of likely N-dealkylation sites (tertiary alicyclic amines) is 1. The Morgan fingerprint density at radius 1 is 1.22 bits per heavy atom. The maximum atomic E-state index is 12.5. The zero-order valence-corrected chi connectivity index (χ0v) is 14.2. The number of carbonyl (C=O) groups excluding carboxylic acids is 2. The average molecular weight is 319 g/mol. The molecule has 0 spiro atoms. The Morgan fingerprint density at radius 2 is 1.87 bits per heavy atom. The molecular weight excluding hydrogens is 294 g/mol. The van der Waals surface area contributed by atoms with Crippen molar-refractivity contribution in [2.24, 2.45) is 0 Å². The van der Waals surface area contributed by atoms with E-state index in [1.54, 1.807) is 4.90 Å². The Hall–Kier alpha value is -2.04. The Balaban J connectivity index is 2.27. The largest absolute Gasteiger partial charge is 0.468 e. The molecule has 23 heavy (non-hydrogen) atoms. The van der Waals surface area contributed by atoms with E-state index in [2.05, 4.69) is 0 Å². The minimum atomic E-state index is -0.558. The number of ether oxygens (including phenoxy) is 2. The smallest absolute Gasteiger partial charge is 0.410 e. The van der Waals surface area contributed by atoms with Gasteiger partial charge >= 0.3 is 12.1 Å². The SMILES string of the molecule is COC(=O)C(c1ccccc1)C1CCCN1C(=O)OC(C)(C)C. The maximum absolute atomic E-state index is 12.5. The Bertz CT molecular complexity index is 550. The van der Waals surface area contributed by atoms with Crippen LogP contribution in [0.2, 0.25) is 0 Å². The molecule has 0 radical (unpaired) electrons. The lowest BCUT2D eigenvalue weighted by Gasteiger charge is -2.32. The van der Waals surface area contributed by atoms with E-state index < -0.39 is 11.5 Å². The third-order valence-electron chi connectivity index (χ3n) is 3.93. The highest BCUT2D eigenvalue weighted by Crippen LogP contribution is 2.33. The van der Waals surface area contributed by atoms with Crippen molar-refractivity contribution in [1.82, 2.24) is 4.90 Å². The van der Waals surface area contributed by atoms with Crippen LogP contribution in [0.15, 0.2) is 30.3 Å². The van der Waals surface area contributed by atoms with Crippen molar-refractivity contribution in [3.8, 4) is 0 Å². The van der Waals surface area contributed by atoms with E-state index in [9.17, 15) is 9.59 Å². The first-order valence-electron chi connectivity index (χ1n) is 7.96. The monoisotopic (exact) mass is 319 g/mol. The standard InChI is InChI=1S/C18H25NO4/c1-18(2,3)23-17(21)19-12-8-11-14(19)15(16(20)22-4)13-9-6-5-7-10-13/h5-7,9-10,14-15H,8,11-12H2,1-4H3. The Kier molecular flexibility index (Phi) is 5.29. The van der Waals surface area contributed by atoms with Gasteiger partial charge in [-0.2, -0.15) is 0 Å². The van der Waals surface area contributed by atoms with Gasteiger partial charge in [-0.3, -0.25) is 4.79 Å². The minimum absolute atomic E-state index is 0.236. The van der Waals surface area contributed by atoms with Gasteiger partial charge in [-0.05, 0) is 39.2 Å². The van der Waals surface area contributed by atoms with Gasteiger partial charge in [-0.25, -0.2) is 4.79 Å². The summed E-state index contributed by atoms with van der Waals surface area (Å²) in [5.41, 5.74) is 0.303. The summed E-state index contributed by atoms with van der Waals surface area (Å²) in [5, 5.41) is 0. The van der Waals surface area contributed by atoms with Gasteiger partial charge in [0.05, 0.1) is 13.2 Å². The van der Waals surface area contributed by atoms with Crippen LogP contribution in [-0.4, -0.2) is 42.3 Å². The van der Waals surface area contributed by atoms with Crippen molar-refractivity contribution < 1.29 is 19.1 Å². The molecule has 5 nitrogen and oxygen atoms in total. The molecule has 1 aromatic rings. The van der Waals surface area contributed by atoms with Gasteiger partial charge in [0, 0.05) is 6.54 Å². The summed E-state index contributed by atoms with van der Waals surface area (Å²) in [6.45, 7) is 6.11. The van der Waals surface area contributed by atoms with Crippen molar-refractivity contribution in [2.75, 3.05) is 13.7 Å². The number of hydrogen-bond donors (Lipinski definition) is 0. The molecule has 1 heterocycles. The van der Waals surface area contributed by atoms with Crippen LogP contribution >= 0.6 is 0 Å². The number of amides is 1. The quantitative estimate of drug-likeness (QED) is 0.802. The Labute approximate surface area is 137 Å². The van der Waals surface area contributed by atoms with Gasteiger partial charge in [0.25, 0.3) is 0 Å². The van der Waals surface area contributed by atoms with Crippen LogP contribution in [0.5, 0.6) is 0 Å². The van der Waals surface area contributed by atoms with Gasteiger partial charge < -0.3 is 14.4 Å². The first-order chi connectivity index (χ1) is 10.8. The van der Waals surface area contributed by atoms with Gasteiger partial charge in [0.15, 0.2) is 0 Å². The molecule has 1 aliphatic rings. The highest BCUT2D eigenvalue weighted by Gasteiger charge is 2.41. The second-order valence-corrected chi connectivity index (χ2v) is 6.79. The number of nitrogens with zero attached hydrogens (tertiary/aromatic N) is 1. The van der Waals surface area contributed by atoms with Crippen molar-refractivity contribution in [1.29, 1.82) is 0 Å². The Morgan fingerprint density at radius 3 is 2.43 bits per heavy atom. The molecule has 1 aromatic carbocycles. The van der Waals surface area contributed by atoms with Gasteiger partial charge in [0.1, 0.15) is 11.5 Å². The molecule has 2 atom stereocenters. The molecule has 1 fully saturated rings. The number of rotatable bonds is 3. The van der Waals surface area contributed by atoms with E-state index in [1.807, 2.05) is 51.1 Å². The van der Waals surface area contributed by atoms with Crippen molar-refractivity contribution in [3.63, 3.8) is 0 Å². The molecule has 0 aliphatic carbocycles. The second-order valence-electron chi connectivity index (χ2n) is 6.79. The second kappa shape index (κ2) is 7.02. The first-order valence-corrected chi connectivity index (χ1v) is 7.96. The number of methoxy groups -OCH3 is 1. The van der Waals surface area contributed by atoms with Crippen LogP contribution in [-0.2, 0) is 14.3 Å². The van der Waals surface area contributed by atoms with Crippen LogP contribution in [0.3, 0.4) is 0 Å². The summed E-state index contributed by atoms with van der Waals surface area (Å²) >= 11 is 0. The third kappa shape index (κ3) is 4.24. The summed E-state index contributed by atoms with van der Waals surface area (Å²) < 4.78 is 10.5. The predicted molar refractivity (Wildman–Crippen MR) is 87.2 cm³/mol. The maximum Gasteiger partial charge on any atom is 0.410 e. The molecular formula is C18H25NO4. The molecule has 0 bridgehead atoms. The predicted octanol–water partition coefficient (Wildman–Crippen LogP) is 3.34. The molecule has 1 aliphatic heterocycles. The number of carbonyl (C=O) groups is 2. The summed E-state index contributed by atoms with van der Waals surface area (Å²) in [6, 6.07) is 9.23. The van der Waals surface area contributed by atoms with E-state index >= 15 is 0 Å². The van der Waals surface area contributed by atoms with E-state index in [0.29, 0.717) is 6.54 Å². The highest BCUT2D eigenvalue weighted by molar-refractivity contribution is 5.80. The number of esters is 1. The lowest BCUT2D eigenvalue weighted by atomic mass is 9.90. The van der Waals surface area contributed by atoms with Crippen molar-refractivity contribution in [3.05, 3.63) is 35.9 Å². The highest BCUT2D eigenvalue weighted by atomic mass is 16.6. The normalized spacial score (nSPS) is 19.3. The lowest BCUT2D eigenvalue weighted by molar-refractivity contribution is -0.143. The molecule has 2 unspecified atom stereocenters. The molecule has 0 saturated carbocycles. The average Bonchev–Trinajstić information content (AvgIpc) is 2.96. The van der Waals surface area contributed by atoms with Crippen LogP contribution < -0.4 is 0 Å². The molecule has 126 valence electrons. The molecule has 1 saturated heterocycles. The van der Waals surface area contributed by atoms with Crippen LogP contribution in [0, 0.1) is 0 Å². The first kappa shape index (κ1) is 17.3. The topological polar surface area (TPSA) is 55.8 Å². The fourth-order valence-electron chi connectivity index (χ4n) is 2.99. The molecule has 0 N–H and O–H groups in total. The summed E-state index contributed by atoms with van der Waals surface area (Å²) in [6.07, 6.45) is 1.24. The van der Waals surface area contributed by atoms with E-state index in [-0.39, 0.29) is 18.1 Å². The van der Waals surface area contributed by atoms with Crippen molar-refractivity contribution >= 4 is 12.1 Å². The van der Waals surface area contributed by atoms with Crippen LogP contribution in [0.25, 0.3) is 0 Å². The summed E-state index contributed by atoms with van der Waals surface area (Å²) in [5.74, 6) is -0.812. The molecule has 5 heteroatoms. The van der Waals surface area contributed by atoms with Gasteiger partial charge in [0.2, 0.25) is 0 Å². The van der Waals surface area contributed by atoms with E-state index in [0.717, 1.165) is 18.4 Å². The minimum Gasteiger partial charge on any atom is -0.468 e. The molecule has 0 aromatic heterocycles. The summed E-state index contributed by atoms with van der Waals surface area (Å²) in [4.78, 5) is 26.5. The van der Waals surface area contributed by atoms with Crippen LogP contribution in [0.4, 0.5) is 4.79 Å².